The fraction of sp³-hybridized carbons (Fsp3) is 0.391. The van der Waals surface area contributed by atoms with Gasteiger partial charge in [0.15, 0.2) is 11.6 Å². The molecule has 0 radical (unpaired) electrons. The third kappa shape index (κ3) is 5.81. The van der Waals surface area contributed by atoms with Crippen LogP contribution in [0.4, 0.5) is 0 Å². The van der Waals surface area contributed by atoms with E-state index in [1.165, 1.54) is 6.92 Å². The van der Waals surface area contributed by atoms with Crippen molar-refractivity contribution in [3.63, 3.8) is 0 Å². The number of carbonyl (C=O) groups is 4. The maximum absolute atomic E-state index is 13.1. The predicted octanol–water partition coefficient (Wildman–Crippen LogP) is 3.40. The highest BCUT2D eigenvalue weighted by molar-refractivity contribution is 6.27. The number of ketones is 2. The summed E-state index contributed by atoms with van der Waals surface area (Å²) in [6, 6.07) is 2.23. The topological polar surface area (TPSA) is 127 Å². The molecule has 0 unspecified atom stereocenters. The first-order chi connectivity index (χ1) is 14.3. The third-order valence-electron chi connectivity index (χ3n) is 4.53. The van der Waals surface area contributed by atoms with E-state index in [4.69, 9.17) is 9.47 Å². The van der Waals surface area contributed by atoms with Gasteiger partial charge in [-0.25, -0.2) is 0 Å². The Hall–Kier alpha value is -3.42. The number of fused-ring (bicyclic) bond motifs is 1. The number of esters is 2. The highest BCUT2D eigenvalue weighted by atomic mass is 16.6. The molecular weight excluding hydrogens is 404 g/mol. The van der Waals surface area contributed by atoms with Gasteiger partial charge in [0.05, 0.1) is 17.5 Å². The van der Waals surface area contributed by atoms with E-state index in [2.05, 4.69) is 0 Å². The van der Waals surface area contributed by atoms with Gasteiger partial charge in [-0.3, -0.25) is 19.2 Å². The quantitative estimate of drug-likeness (QED) is 0.383. The molecule has 2 N–H and O–H groups in total. The lowest BCUT2D eigenvalue weighted by molar-refractivity contribution is -0.162. The minimum Gasteiger partial charge on any atom is -0.507 e. The zero-order valence-electron chi connectivity index (χ0n) is 18.1. The van der Waals surface area contributed by atoms with E-state index in [0.29, 0.717) is 0 Å². The smallest absolute Gasteiger partial charge is 0.310 e. The number of hydrogen-bond acceptors (Lipinski definition) is 8. The number of hydrogen-bond donors (Lipinski definition) is 2. The molecule has 0 amide bonds. The zero-order chi connectivity index (χ0) is 23.5. The third-order valence-corrected chi connectivity index (χ3v) is 4.53. The van der Waals surface area contributed by atoms with Crippen molar-refractivity contribution in [1.29, 1.82) is 0 Å². The second kappa shape index (κ2) is 9.16. The van der Waals surface area contributed by atoms with Gasteiger partial charge in [-0.15, -0.1) is 0 Å². The summed E-state index contributed by atoms with van der Waals surface area (Å²) < 4.78 is 10.6. The molecule has 0 fully saturated rings. The number of carbonyl (C=O) groups excluding carboxylic acids is 4. The van der Waals surface area contributed by atoms with Gasteiger partial charge in [-0.05, 0) is 45.9 Å². The van der Waals surface area contributed by atoms with Crippen LogP contribution < -0.4 is 0 Å². The van der Waals surface area contributed by atoms with Crippen molar-refractivity contribution in [2.45, 2.75) is 59.2 Å². The molecule has 0 aromatic heterocycles. The van der Waals surface area contributed by atoms with Crippen LogP contribution in [0.5, 0.6) is 11.5 Å². The van der Waals surface area contributed by atoms with Crippen LogP contribution in [0.25, 0.3) is 0 Å². The van der Waals surface area contributed by atoms with Crippen molar-refractivity contribution in [1.82, 2.24) is 0 Å². The molecule has 8 heteroatoms. The first kappa shape index (κ1) is 23.9. The summed E-state index contributed by atoms with van der Waals surface area (Å²) in [6.45, 7) is 7.97. The van der Waals surface area contributed by atoms with Crippen molar-refractivity contribution in [2.24, 2.45) is 0 Å². The lowest BCUT2D eigenvalue weighted by Gasteiger charge is -2.26. The number of aromatic hydroxyl groups is 2. The summed E-state index contributed by atoms with van der Waals surface area (Å²) in [7, 11) is 0. The predicted molar refractivity (Wildman–Crippen MR) is 111 cm³/mol. The number of benzene rings is 1. The van der Waals surface area contributed by atoms with Crippen LogP contribution in [0, 0.1) is 0 Å². The Balaban J connectivity index is 2.38. The van der Waals surface area contributed by atoms with E-state index in [9.17, 15) is 29.4 Å². The number of Topliss-reactive ketones (excluding diaryl/α,β-unsaturated/α-hetero) is 1. The van der Waals surface area contributed by atoms with Crippen LogP contribution in [-0.2, 0) is 19.1 Å². The minimum absolute atomic E-state index is 0.113. The van der Waals surface area contributed by atoms with Gasteiger partial charge < -0.3 is 19.7 Å². The monoisotopic (exact) mass is 430 g/mol. The summed E-state index contributed by atoms with van der Waals surface area (Å²) >= 11 is 0. The average Bonchev–Trinajstić information content (AvgIpc) is 2.61. The molecule has 0 aliphatic heterocycles. The summed E-state index contributed by atoms with van der Waals surface area (Å²) in [6.07, 6.45) is 1.49. The number of phenols is 2. The normalized spacial score (nSPS) is 14.3. The SMILES string of the molecule is CC(=O)OC(C)(C)CC(=O)O[C@@H](CC=C(C)C)C1=CC(=O)c2c(O)ccc(O)c2C1=O. The summed E-state index contributed by atoms with van der Waals surface area (Å²) in [5, 5.41) is 20.1. The summed E-state index contributed by atoms with van der Waals surface area (Å²) in [4.78, 5) is 49.4. The van der Waals surface area contributed by atoms with E-state index in [-0.39, 0.29) is 29.5 Å². The first-order valence-corrected chi connectivity index (χ1v) is 9.70. The van der Waals surface area contributed by atoms with E-state index >= 15 is 0 Å². The van der Waals surface area contributed by atoms with Gasteiger partial charge in [0.2, 0.25) is 0 Å². The van der Waals surface area contributed by atoms with Crippen molar-refractivity contribution in [3.05, 3.63) is 46.6 Å². The van der Waals surface area contributed by atoms with Gasteiger partial charge >= 0.3 is 11.9 Å². The fourth-order valence-corrected chi connectivity index (χ4v) is 3.28. The van der Waals surface area contributed by atoms with E-state index in [1.54, 1.807) is 19.9 Å². The maximum Gasteiger partial charge on any atom is 0.310 e. The molecule has 166 valence electrons. The largest absolute Gasteiger partial charge is 0.507 e. The van der Waals surface area contributed by atoms with Crippen molar-refractivity contribution >= 4 is 23.5 Å². The van der Waals surface area contributed by atoms with Gasteiger partial charge in [0.25, 0.3) is 0 Å². The lowest BCUT2D eigenvalue weighted by Crippen LogP contribution is -2.34. The van der Waals surface area contributed by atoms with Crippen LogP contribution in [0.3, 0.4) is 0 Å². The molecule has 0 spiro atoms. The Morgan fingerprint density at radius 3 is 2.19 bits per heavy atom. The Kier molecular flexibility index (Phi) is 7.05. The highest BCUT2D eigenvalue weighted by Crippen LogP contribution is 2.36. The Morgan fingerprint density at radius 2 is 1.65 bits per heavy atom. The second-order valence-electron chi connectivity index (χ2n) is 8.17. The van der Waals surface area contributed by atoms with E-state index in [0.717, 1.165) is 23.8 Å². The Morgan fingerprint density at radius 1 is 1.06 bits per heavy atom. The fourth-order valence-electron chi connectivity index (χ4n) is 3.28. The first-order valence-electron chi connectivity index (χ1n) is 9.70. The maximum atomic E-state index is 13.1. The van der Waals surface area contributed by atoms with Crippen LogP contribution in [0.15, 0.2) is 35.4 Å². The molecule has 1 aromatic carbocycles. The molecule has 0 saturated heterocycles. The van der Waals surface area contributed by atoms with Crippen LogP contribution >= 0.6 is 0 Å². The Bertz CT molecular complexity index is 993. The van der Waals surface area contributed by atoms with Crippen LogP contribution in [-0.4, -0.2) is 45.4 Å². The van der Waals surface area contributed by atoms with Gasteiger partial charge in [-0.1, -0.05) is 11.6 Å². The lowest BCUT2D eigenvalue weighted by atomic mass is 9.85. The van der Waals surface area contributed by atoms with Crippen LogP contribution in [0.2, 0.25) is 0 Å². The molecule has 1 atom stereocenters. The van der Waals surface area contributed by atoms with Crippen molar-refractivity contribution in [3.8, 4) is 11.5 Å². The molecule has 0 saturated carbocycles. The van der Waals surface area contributed by atoms with Crippen LogP contribution in [0.1, 0.15) is 68.2 Å². The molecule has 0 bridgehead atoms. The van der Waals surface area contributed by atoms with E-state index in [1.807, 2.05) is 13.8 Å². The van der Waals surface area contributed by atoms with Gasteiger partial charge in [-0.2, -0.15) is 0 Å². The molecule has 1 aromatic rings. The molecule has 0 heterocycles. The Labute approximate surface area is 180 Å². The number of ether oxygens (including phenoxy) is 2. The number of rotatable bonds is 7. The molecule has 2 rings (SSSR count). The molecule has 1 aliphatic carbocycles. The van der Waals surface area contributed by atoms with Gasteiger partial charge in [0, 0.05) is 18.9 Å². The summed E-state index contributed by atoms with van der Waals surface area (Å²) in [5.41, 5.74) is -0.966. The molecular formula is C23H26O8. The average molecular weight is 430 g/mol. The van der Waals surface area contributed by atoms with Crippen molar-refractivity contribution in [2.75, 3.05) is 0 Å². The molecule has 8 nitrogen and oxygen atoms in total. The minimum atomic E-state index is -1.12. The molecule has 1 aliphatic rings. The molecule has 31 heavy (non-hydrogen) atoms. The summed E-state index contributed by atoms with van der Waals surface area (Å²) in [5.74, 6) is -3.58. The number of phenolic OH excluding ortho intramolecular Hbond substituents is 2. The standard InChI is InChI=1S/C23H26O8/c1-12(2)6-9-18(30-19(28)11-23(4,5)31-13(3)24)14-10-17(27)20-15(25)7-8-16(26)21(20)22(14)29/h6-8,10,18,25-26H,9,11H2,1-5H3/t18-/m0/s1. The second-order valence-corrected chi connectivity index (χ2v) is 8.17. The van der Waals surface area contributed by atoms with E-state index < -0.39 is 46.7 Å². The van der Waals surface area contributed by atoms with Crippen molar-refractivity contribution < 1.29 is 38.9 Å². The zero-order valence-corrected chi connectivity index (χ0v) is 18.1. The van der Waals surface area contributed by atoms with Gasteiger partial charge in [0.1, 0.15) is 23.2 Å². The number of allylic oxidation sites excluding steroid dienone is 2. The highest BCUT2D eigenvalue weighted by Gasteiger charge is 2.36.